The molecular weight excluding hydrogens is 443 g/mol. The summed E-state index contributed by atoms with van der Waals surface area (Å²) in [4.78, 5) is 0. The van der Waals surface area contributed by atoms with E-state index in [-0.39, 0.29) is 23.3 Å². The highest BCUT2D eigenvalue weighted by molar-refractivity contribution is 5.65. The van der Waals surface area contributed by atoms with E-state index in [1.807, 2.05) is 0 Å². The minimum absolute atomic E-state index is 0.0333. The first kappa shape index (κ1) is 22.3. The second-order valence-electron chi connectivity index (χ2n) is 6.08. The van der Waals surface area contributed by atoms with Crippen molar-refractivity contribution in [2.24, 2.45) is 0 Å². The van der Waals surface area contributed by atoms with Gasteiger partial charge in [-0.1, -0.05) is 12.1 Å². The zero-order valence-electron chi connectivity index (χ0n) is 14.9. The molecule has 0 N–H and O–H groups in total. The summed E-state index contributed by atoms with van der Waals surface area (Å²) in [5.41, 5.74) is -1.96. The van der Waals surface area contributed by atoms with Crippen LogP contribution in [0.2, 0.25) is 0 Å². The van der Waals surface area contributed by atoms with Crippen molar-refractivity contribution in [1.29, 1.82) is 0 Å². The first-order chi connectivity index (χ1) is 14.4. The molecule has 0 bridgehead atoms. The molecule has 0 unspecified atom stereocenters. The Balaban J connectivity index is 1.84. The zero-order chi connectivity index (χ0) is 23.0. The van der Waals surface area contributed by atoms with Gasteiger partial charge in [0.2, 0.25) is 0 Å². The van der Waals surface area contributed by atoms with E-state index in [2.05, 4.69) is 9.47 Å². The number of benzene rings is 3. The fraction of sp³-hybridized carbons (Fsp3) is 0.100. The minimum atomic E-state index is -4.92. The Labute approximate surface area is 168 Å². The van der Waals surface area contributed by atoms with Crippen molar-refractivity contribution in [3.63, 3.8) is 0 Å². The van der Waals surface area contributed by atoms with Crippen LogP contribution in [-0.2, 0) is 6.11 Å². The van der Waals surface area contributed by atoms with Crippen LogP contribution in [0.1, 0.15) is 5.56 Å². The predicted octanol–water partition coefficient (Wildman–Crippen LogP) is 6.94. The van der Waals surface area contributed by atoms with E-state index >= 15 is 0 Å². The number of hydrogen-bond acceptors (Lipinski definition) is 2. The molecule has 0 aliphatic heterocycles. The highest BCUT2D eigenvalue weighted by Crippen LogP contribution is 2.37. The van der Waals surface area contributed by atoms with Crippen LogP contribution in [0, 0.1) is 23.3 Å². The topological polar surface area (TPSA) is 18.5 Å². The summed E-state index contributed by atoms with van der Waals surface area (Å²) in [7, 11) is 0. The van der Waals surface area contributed by atoms with Gasteiger partial charge in [-0.25, -0.2) is 17.6 Å². The van der Waals surface area contributed by atoms with Crippen molar-refractivity contribution in [2.75, 3.05) is 0 Å². The van der Waals surface area contributed by atoms with Crippen molar-refractivity contribution in [3.8, 4) is 22.6 Å². The van der Waals surface area contributed by atoms with Crippen LogP contribution in [0.5, 0.6) is 11.5 Å². The number of halogens is 9. The van der Waals surface area contributed by atoms with Gasteiger partial charge in [0.05, 0.1) is 0 Å². The smallest absolute Gasteiger partial charge is 0.429 e. The van der Waals surface area contributed by atoms with Crippen LogP contribution in [0.25, 0.3) is 11.1 Å². The molecule has 0 heterocycles. The molecule has 2 nitrogen and oxygen atoms in total. The lowest BCUT2D eigenvalue weighted by molar-refractivity contribution is -0.274. The standard InChI is InChI=1S/C20H9F9O2/c21-11-7-16(23)18(17(24)8-11)19(25,26)30-13-5-6-14(15(22)9-13)10-1-3-12(4-2-10)31-20(27,28)29/h1-9H. The zero-order valence-corrected chi connectivity index (χ0v) is 14.9. The second kappa shape index (κ2) is 8.05. The Morgan fingerprint density at radius 3 is 1.65 bits per heavy atom. The van der Waals surface area contributed by atoms with Crippen molar-refractivity contribution < 1.29 is 49.0 Å². The number of hydrogen-bond donors (Lipinski definition) is 0. The average Bonchev–Trinajstić information content (AvgIpc) is 2.60. The summed E-state index contributed by atoms with van der Waals surface area (Å²) in [5.74, 6) is -7.71. The Bertz CT molecular complexity index is 1070. The van der Waals surface area contributed by atoms with E-state index in [0.29, 0.717) is 6.07 Å². The molecular formula is C20H9F9O2. The molecule has 0 saturated heterocycles. The molecule has 11 heteroatoms. The largest absolute Gasteiger partial charge is 0.573 e. The molecule has 3 rings (SSSR count). The maximum Gasteiger partial charge on any atom is 0.573 e. The van der Waals surface area contributed by atoms with Crippen molar-refractivity contribution in [1.82, 2.24) is 0 Å². The van der Waals surface area contributed by atoms with Crippen molar-refractivity contribution >= 4 is 0 Å². The number of alkyl halides is 5. The average molecular weight is 452 g/mol. The van der Waals surface area contributed by atoms with Crippen LogP contribution >= 0.6 is 0 Å². The van der Waals surface area contributed by atoms with Crippen LogP contribution in [-0.4, -0.2) is 6.36 Å². The molecule has 0 atom stereocenters. The van der Waals surface area contributed by atoms with E-state index in [1.165, 1.54) is 0 Å². The molecule has 0 aliphatic carbocycles. The van der Waals surface area contributed by atoms with Crippen LogP contribution in [0.4, 0.5) is 39.5 Å². The number of rotatable bonds is 5. The molecule has 164 valence electrons. The minimum Gasteiger partial charge on any atom is -0.429 e. The summed E-state index contributed by atoms with van der Waals surface area (Å²) < 4.78 is 127. The molecule has 3 aromatic rings. The van der Waals surface area contributed by atoms with E-state index in [0.717, 1.165) is 36.4 Å². The lowest BCUT2D eigenvalue weighted by Crippen LogP contribution is -2.25. The summed E-state index contributed by atoms with van der Waals surface area (Å²) in [6.07, 6.45) is -9.52. The van der Waals surface area contributed by atoms with E-state index in [4.69, 9.17) is 0 Å². The van der Waals surface area contributed by atoms with Gasteiger partial charge in [-0.3, -0.25) is 0 Å². The van der Waals surface area contributed by atoms with Gasteiger partial charge in [0.15, 0.2) is 0 Å². The SMILES string of the molecule is Fc1cc(F)c(C(F)(F)Oc2ccc(-c3ccc(OC(F)(F)F)cc3)c(F)c2)c(F)c1. The van der Waals surface area contributed by atoms with Gasteiger partial charge in [0.25, 0.3) is 0 Å². The fourth-order valence-electron chi connectivity index (χ4n) is 2.65. The Morgan fingerprint density at radius 2 is 1.13 bits per heavy atom. The maximum absolute atomic E-state index is 14.4. The summed E-state index contributed by atoms with van der Waals surface area (Å²) in [6.45, 7) is 0. The highest BCUT2D eigenvalue weighted by atomic mass is 19.4. The maximum atomic E-state index is 14.4. The first-order valence-electron chi connectivity index (χ1n) is 8.23. The van der Waals surface area contributed by atoms with Crippen molar-refractivity contribution in [2.45, 2.75) is 12.5 Å². The molecule has 0 radical (unpaired) electrons. The molecule has 0 amide bonds. The third-order valence-corrected chi connectivity index (χ3v) is 3.88. The molecule has 0 saturated carbocycles. The summed E-state index contributed by atoms with van der Waals surface area (Å²) in [5, 5.41) is 0. The second-order valence-corrected chi connectivity index (χ2v) is 6.08. The summed E-state index contributed by atoms with van der Waals surface area (Å²) >= 11 is 0. The molecule has 0 aromatic heterocycles. The van der Waals surface area contributed by atoms with E-state index < -0.39 is 52.8 Å². The Hall–Kier alpha value is -3.37. The van der Waals surface area contributed by atoms with Gasteiger partial charge in [-0.2, -0.15) is 8.78 Å². The molecule has 0 fully saturated rings. The van der Waals surface area contributed by atoms with Crippen LogP contribution < -0.4 is 9.47 Å². The molecule has 31 heavy (non-hydrogen) atoms. The van der Waals surface area contributed by atoms with E-state index in [9.17, 15) is 39.5 Å². The van der Waals surface area contributed by atoms with E-state index in [1.54, 1.807) is 0 Å². The van der Waals surface area contributed by atoms with Gasteiger partial charge in [-0.05, 0) is 29.8 Å². The molecule has 0 aliphatic rings. The lowest BCUT2D eigenvalue weighted by Gasteiger charge is -2.19. The fourth-order valence-corrected chi connectivity index (χ4v) is 2.65. The molecule has 0 spiro atoms. The number of ether oxygens (including phenoxy) is 2. The van der Waals surface area contributed by atoms with Gasteiger partial charge < -0.3 is 9.47 Å². The third kappa shape index (κ3) is 5.22. The van der Waals surface area contributed by atoms with Gasteiger partial charge in [0, 0.05) is 23.8 Å². The Kier molecular flexibility index (Phi) is 5.79. The summed E-state index contributed by atoms with van der Waals surface area (Å²) in [6, 6.07) is 6.40. The van der Waals surface area contributed by atoms with Gasteiger partial charge >= 0.3 is 12.5 Å². The normalized spacial score (nSPS) is 12.0. The van der Waals surface area contributed by atoms with Crippen LogP contribution in [0.3, 0.4) is 0 Å². The highest BCUT2D eigenvalue weighted by Gasteiger charge is 2.41. The monoisotopic (exact) mass is 452 g/mol. The molecule has 3 aromatic carbocycles. The third-order valence-electron chi connectivity index (χ3n) is 3.88. The van der Waals surface area contributed by atoms with Gasteiger partial charge in [0.1, 0.15) is 40.3 Å². The van der Waals surface area contributed by atoms with Gasteiger partial charge in [-0.15, -0.1) is 13.2 Å². The quantitative estimate of drug-likeness (QED) is 0.391. The Morgan fingerprint density at radius 1 is 0.581 bits per heavy atom. The lowest BCUT2D eigenvalue weighted by atomic mass is 10.0. The predicted molar refractivity (Wildman–Crippen MR) is 89.4 cm³/mol. The van der Waals surface area contributed by atoms with Crippen LogP contribution in [0.15, 0.2) is 54.6 Å². The van der Waals surface area contributed by atoms with Crippen molar-refractivity contribution in [3.05, 3.63) is 83.4 Å². The first-order valence-corrected chi connectivity index (χ1v) is 8.23.